The zero-order valence-corrected chi connectivity index (χ0v) is 12.3. The van der Waals surface area contributed by atoms with Gasteiger partial charge in [-0.3, -0.25) is 4.98 Å². The molecule has 2 aromatic carbocycles. The number of hydrogen-bond donors (Lipinski definition) is 1. The predicted molar refractivity (Wildman–Crippen MR) is 87.4 cm³/mol. The maximum absolute atomic E-state index is 11.3. The summed E-state index contributed by atoms with van der Waals surface area (Å²) in [6, 6.07) is 20.3. The van der Waals surface area contributed by atoms with E-state index in [1.54, 1.807) is 24.4 Å². The van der Waals surface area contributed by atoms with Crippen LogP contribution < -0.4 is 4.74 Å². The summed E-state index contributed by atoms with van der Waals surface area (Å²) in [7, 11) is 0. The Balaban J connectivity index is 1.84. The first kappa shape index (κ1) is 14.8. The van der Waals surface area contributed by atoms with E-state index in [2.05, 4.69) is 4.98 Å². The monoisotopic (exact) mass is 305 g/mol. The molecule has 0 spiro atoms. The molecule has 1 aromatic heterocycles. The van der Waals surface area contributed by atoms with Gasteiger partial charge >= 0.3 is 5.97 Å². The summed E-state index contributed by atoms with van der Waals surface area (Å²) in [4.78, 5) is 15.5. The number of pyridine rings is 1. The van der Waals surface area contributed by atoms with Crippen molar-refractivity contribution in [1.82, 2.24) is 4.98 Å². The van der Waals surface area contributed by atoms with Crippen LogP contribution in [0.5, 0.6) is 5.75 Å². The lowest BCUT2D eigenvalue weighted by Crippen LogP contribution is -2.01. The molecule has 0 aliphatic heterocycles. The predicted octanol–water partition coefficient (Wildman–Crippen LogP) is 4.03. The summed E-state index contributed by atoms with van der Waals surface area (Å²) in [6.07, 6.45) is 1.58. The third-order valence-corrected chi connectivity index (χ3v) is 3.39. The molecule has 0 aliphatic carbocycles. The molecular weight excluding hydrogens is 290 g/mol. The van der Waals surface area contributed by atoms with E-state index in [1.165, 1.54) is 0 Å². The molecule has 4 heteroatoms. The summed E-state index contributed by atoms with van der Waals surface area (Å²) in [5, 5.41) is 9.28. The van der Waals surface area contributed by atoms with Crippen molar-refractivity contribution in [3.63, 3.8) is 0 Å². The van der Waals surface area contributed by atoms with Crippen molar-refractivity contribution in [3.05, 3.63) is 84.1 Å². The number of rotatable bonds is 5. The number of hydrogen-bond acceptors (Lipinski definition) is 3. The first-order valence-electron chi connectivity index (χ1n) is 7.19. The number of benzene rings is 2. The van der Waals surface area contributed by atoms with Crippen LogP contribution in [0.1, 0.15) is 15.9 Å². The number of nitrogens with zero attached hydrogens (tertiary/aromatic N) is 1. The van der Waals surface area contributed by atoms with Crippen LogP contribution in [-0.2, 0) is 6.61 Å². The van der Waals surface area contributed by atoms with E-state index in [4.69, 9.17) is 4.74 Å². The fourth-order valence-electron chi connectivity index (χ4n) is 2.28. The normalized spacial score (nSPS) is 10.3. The molecule has 4 nitrogen and oxygen atoms in total. The van der Waals surface area contributed by atoms with Gasteiger partial charge in [0.05, 0.1) is 11.3 Å². The second-order valence-corrected chi connectivity index (χ2v) is 5.01. The minimum absolute atomic E-state index is 0.174. The Hall–Kier alpha value is -3.14. The van der Waals surface area contributed by atoms with Crippen LogP contribution >= 0.6 is 0 Å². The van der Waals surface area contributed by atoms with Crippen molar-refractivity contribution in [2.24, 2.45) is 0 Å². The van der Waals surface area contributed by atoms with Gasteiger partial charge in [0.25, 0.3) is 0 Å². The Bertz CT molecular complexity index is 816. The molecule has 3 rings (SSSR count). The highest BCUT2D eigenvalue weighted by molar-refractivity contribution is 5.94. The largest absolute Gasteiger partial charge is 0.489 e. The summed E-state index contributed by atoms with van der Waals surface area (Å²) in [6.45, 7) is 0.457. The van der Waals surface area contributed by atoms with E-state index in [0.717, 1.165) is 5.56 Å². The maximum atomic E-state index is 11.3. The lowest BCUT2D eigenvalue weighted by molar-refractivity contribution is 0.0697. The Kier molecular flexibility index (Phi) is 4.34. The number of carboxylic acid groups (broad SMARTS) is 1. The molecule has 0 aliphatic rings. The SMILES string of the molecule is O=C(O)c1cccnc1-c1cccc(OCc2ccccc2)c1. The average Bonchev–Trinajstić information content (AvgIpc) is 2.61. The van der Waals surface area contributed by atoms with Gasteiger partial charge in [-0.2, -0.15) is 0 Å². The molecule has 3 aromatic rings. The van der Waals surface area contributed by atoms with Crippen molar-refractivity contribution in [2.45, 2.75) is 6.61 Å². The van der Waals surface area contributed by atoms with Gasteiger partial charge in [-0.15, -0.1) is 0 Å². The molecule has 0 unspecified atom stereocenters. The van der Waals surface area contributed by atoms with Crippen molar-refractivity contribution in [1.29, 1.82) is 0 Å². The Morgan fingerprint density at radius 1 is 1.00 bits per heavy atom. The molecule has 0 saturated heterocycles. The van der Waals surface area contributed by atoms with Crippen molar-refractivity contribution in [2.75, 3.05) is 0 Å². The van der Waals surface area contributed by atoms with Crippen LogP contribution in [0.4, 0.5) is 0 Å². The summed E-state index contributed by atoms with van der Waals surface area (Å²) in [5.74, 6) is -0.322. The fourth-order valence-corrected chi connectivity index (χ4v) is 2.28. The van der Waals surface area contributed by atoms with E-state index < -0.39 is 5.97 Å². The Morgan fingerprint density at radius 2 is 1.83 bits per heavy atom. The molecule has 0 amide bonds. The summed E-state index contributed by atoms with van der Waals surface area (Å²) >= 11 is 0. The maximum Gasteiger partial charge on any atom is 0.337 e. The van der Waals surface area contributed by atoms with Crippen LogP contribution in [0.15, 0.2) is 72.9 Å². The molecule has 1 N–H and O–H groups in total. The van der Waals surface area contributed by atoms with E-state index in [9.17, 15) is 9.90 Å². The molecule has 0 bridgehead atoms. The van der Waals surface area contributed by atoms with E-state index in [1.807, 2.05) is 48.5 Å². The third kappa shape index (κ3) is 3.55. The molecule has 114 valence electrons. The smallest absolute Gasteiger partial charge is 0.337 e. The van der Waals surface area contributed by atoms with Gasteiger partial charge in [0, 0.05) is 11.8 Å². The number of carboxylic acids is 1. The van der Waals surface area contributed by atoms with E-state index >= 15 is 0 Å². The molecule has 0 saturated carbocycles. The van der Waals surface area contributed by atoms with Crippen molar-refractivity contribution in [3.8, 4) is 17.0 Å². The minimum Gasteiger partial charge on any atom is -0.489 e. The third-order valence-electron chi connectivity index (χ3n) is 3.39. The Labute approximate surface area is 134 Å². The van der Waals surface area contributed by atoms with Gasteiger partial charge < -0.3 is 9.84 Å². The van der Waals surface area contributed by atoms with Gasteiger partial charge in [0.2, 0.25) is 0 Å². The molecule has 1 heterocycles. The topological polar surface area (TPSA) is 59.4 Å². The van der Waals surface area contributed by atoms with Crippen LogP contribution in [0, 0.1) is 0 Å². The average molecular weight is 305 g/mol. The zero-order valence-electron chi connectivity index (χ0n) is 12.3. The fraction of sp³-hybridized carbons (Fsp3) is 0.0526. The quantitative estimate of drug-likeness (QED) is 0.773. The first-order chi connectivity index (χ1) is 11.2. The first-order valence-corrected chi connectivity index (χ1v) is 7.19. The molecular formula is C19H15NO3. The standard InChI is InChI=1S/C19H15NO3/c21-19(22)17-10-5-11-20-18(17)15-8-4-9-16(12-15)23-13-14-6-2-1-3-7-14/h1-12H,13H2,(H,21,22). The molecule has 0 radical (unpaired) electrons. The van der Waals surface area contributed by atoms with Gasteiger partial charge in [-0.25, -0.2) is 4.79 Å². The molecule has 0 fully saturated rings. The van der Waals surface area contributed by atoms with Crippen LogP contribution in [-0.4, -0.2) is 16.1 Å². The van der Waals surface area contributed by atoms with Crippen molar-refractivity contribution >= 4 is 5.97 Å². The summed E-state index contributed by atoms with van der Waals surface area (Å²) in [5.41, 5.74) is 2.40. The van der Waals surface area contributed by atoms with Crippen LogP contribution in [0.3, 0.4) is 0 Å². The molecule has 0 atom stereocenters. The Morgan fingerprint density at radius 3 is 2.61 bits per heavy atom. The molecule has 23 heavy (non-hydrogen) atoms. The highest BCUT2D eigenvalue weighted by Crippen LogP contribution is 2.25. The zero-order chi connectivity index (χ0) is 16.1. The number of carbonyl (C=O) groups is 1. The second kappa shape index (κ2) is 6.75. The van der Waals surface area contributed by atoms with Gasteiger partial charge in [-0.1, -0.05) is 42.5 Å². The second-order valence-electron chi connectivity index (χ2n) is 5.01. The van der Waals surface area contributed by atoms with E-state index in [0.29, 0.717) is 23.6 Å². The van der Waals surface area contributed by atoms with Crippen LogP contribution in [0.25, 0.3) is 11.3 Å². The highest BCUT2D eigenvalue weighted by atomic mass is 16.5. The number of ether oxygens (including phenoxy) is 1. The van der Waals surface area contributed by atoms with Crippen molar-refractivity contribution < 1.29 is 14.6 Å². The van der Waals surface area contributed by atoms with E-state index in [-0.39, 0.29) is 5.56 Å². The summed E-state index contributed by atoms with van der Waals surface area (Å²) < 4.78 is 5.78. The van der Waals surface area contributed by atoms with Gasteiger partial charge in [0.1, 0.15) is 12.4 Å². The van der Waals surface area contributed by atoms with Crippen LogP contribution in [0.2, 0.25) is 0 Å². The van der Waals surface area contributed by atoms with Gasteiger partial charge in [-0.05, 0) is 29.8 Å². The highest BCUT2D eigenvalue weighted by Gasteiger charge is 2.12. The number of aromatic carboxylic acids is 1. The lowest BCUT2D eigenvalue weighted by atomic mass is 10.1. The number of aromatic nitrogens is 1. The minimum atomic E-state index is -0.997. The lowest BCUT2D eigenvalue weighted by Gasteiger charge is -2.09. The van der Waals surface area contributed by atoms with Gasteiger partial charge in [0.15, 0.2) is 0 Å².